The fourth-order valence-corrected chi connectivity index (χ4v) is 2.21. The van der Waals surface area contributed by atoms with E-state index in [-0.39, 0.29) is 12.8 Å². The van der Waals surface area contributed by atoms with Gasteiger partial charge in [0.2, 0.25) is 0 Å². The Labute approximate surface area is 140 Å². The molecule has 6 heteroatoms. The number of urea groups is 1. The lowest BCUT2D eigenvalue weighted by Gasteiger charge is -2.11. The summed E-state index contributed by atoms with van der Waals surface area (Å²) in [5.74, 6) is 1.20. The Bertz CT molecular complexity index is 649. The molecule has 2 aromatic carbocycles. The third-order valence-electron chi connectivity index (χ3n) is 3.12. The summed E-state index contributed by atoms with van der Waals surface area (Å²) in [7, 11) is 1.57. The monoisotopic (exact) mass is 334 g/mol. The Morgan fingerprint density at radius 3 is 2.61 bits per heavy atom. The third kappa shape index (κ3) is 5.71. The van der Waals surface area contributed by atoms with E-state index in [0.717, 1.165) is 5.56 Å². The molecule has 0 spiro atoms. The van der Waals surface area contributed by atoms with E-state index in [1.54, 1.807) is 19.2 Å². The number of hydrogen-bond acceptors (Lipinski definition) is 3. The second kappa shape index (κ2) is 8.90. The molecule has 5 nitrogen and oxygen atoms in total. The van der Waals surface area contributed by atoms with Crippen molar-refractivity contribution in [1.29, 1.82) is 0 Å². The van der Waals surface area contributed by atoms with Gasteiger partial charge in [-0.25, -0.2) is 4.79 Å². The van der Waals surface area contributed by atoms with Crippen LogP contribution in [0.25, 0.3) is 0 Å². The van der Waals surface area contributed by atoms with Crippen LogP contribution in [0.5, 0.6) is 11.5 Å². The zero-order valence-corrected chi connectivity index (χ0v) is 13.6. The molecule has 0 bridgehead atoms. The van der Waals surface area contributed by atoms with Crippen molar-refractivity contribution in [2.75, 3.05) is 20.4 Å². The summed E-state index contributed by atoms with van der Waals surface area (Å²) in [6.07, 6.45) is 0.710. The van der Waals surface area contributed by atoms with Crippen molar-refractivity contribution in [3.63, 3.8) is 0 Å². The summed E-state index contributed by atoms with van der Waals surface area (Å²) < 4.78 is 10.6. The van der Waals surface area contributed by atoms with Gasteiger partial charge in [0, 0.05) is 11.6 Å². The summed E-state index contributed by atoms with van der Waals surface area (Å²) in [5.41, 5.74) is 1.07. The van der Waals surface area contributed by atoms with Crippen molar-refractivity contribution in [3.8, 4) is 11.5 Å². The number of ether oxygens (including phenoxy) is 2. The summed E-state index contributed by atoms with van der Waals surface area (Å²) in [5, 5.41) is 6.08. The van der Waals surface area contributed by atoms with Gasteiger partial charge in [-0.15, -0.1) is 0 Å². The Balaban J connectivity index is 1.67. The number of halogens is 1. The van der Waals surface area contributed by atoms with Gasteiger partial charge in [0.05, 0.1) is 7.11 Å². The van der Waals surface area contributed by atoms with E-state index in [9.17, 15) is 4.79 Å². The van der Waals surface area contributed by atoms with Gasteiger partial charge in [-0.05, 0) is 36.2 Å². The third-order valence-corrected chi connectivity index (χ3v) is 3.35. The van der Waals surface area contributed by atoms with Crippen molar-refractivity contribution in [1.82, 2.24) is 10.6 Å². The number of carbonyl (C=O) groups is 1. The maximum Gasteiger partial charge on any atom is 0.317 e. The fourth-order valence-electron chi connectivity index (χ4n) is 1.99. The van der Waals surface area contributed by atoms with Crippen LogP contribution < -0.4 is 20.1 Å². The summed E-state index contributed by atoms with van der Waals surface area (Å²) >= 11 is 5.91. The Kier molecular flexibility index (Phi) is 6.56. The normalized spacial score (nSPS) is 10.0. The molecular formula is C17H19ClN2O3. The molecule has 2 N–H and O–H groups in total. The number of hydrogen-bond donors (Lipinski definition) is 2. The predicted molar refractivity (Wildman–Crippen MR) is 90.2 cm³/mol. The first kappa shape index (κ1) is 17.0. The van der Waals surface area contributed by atoms with Crippen LogP contribution in [-0.4, -0.2) is 26.4 Å². The number of carbonyl (C=O) groups excluding carboxylic acids is 1. The molecule has 0 aromatic heterocycles. The largest absolute Gasteiger partial charge is 0.493 e. The summed E-state index contributed by atoms with van der Waals surface area (Å²) in [6.45, 7) is 0.574. The standard InChI is InChI=1S/C17H19ClN2O3/c1-22-15-7-2-3-8-16(15)23-12-20-17(21)19-10-9-13-5-4-6-14(18)11-13/h2-8,11H,9-10,12H2,1H3,(H2,19,20,21). The van der Waals surface area contributed by atoms with Crippen LogP contribution in [0.15, 0.2) is 48.5 Å². The second-order valence-electron chi connectivity index (χ2n) is 4.75. The van der Waals surface area contributed by atoms with Crippen molar-refractivity contribution >= 4 is 17.6 Å². The number of nitrogens with one attached hydrogen (secondary N) is 2. The maximum atomic E-state index is 11.7. The first-order valence-corrected chi connectivity index (χ1v) is 7.59. The molecule has 2 amide bonds. The van der Waals surface area contributed by atoms with Gasteiger partial charge in [-0.2, -0.15) is 0 Å². The van der Waals surface area contributed by atoms with Crippen LogP contribution in [0.2, 0.25) is 5.02 Å². The minimum Gasteiger partial charge on any atom is -0.493 e. The van der Waals surface area contributed by atoms with E-state index in [0.29, 0.717) is 29.5 Å². The van der Waals surface area contributed by atoms with Gasteiger partial charge in [-0.3, -0.25) is 0 Å². The number of amides is 2. The molecule has 0 heterocycles. The lowest BCUT2D eigenvalue weighted by atomic mass is 10.1. The van der Waals surface area contributed by atoms with Gasteiger partial charge in [0.1, 0.15) is 0 Å². The van der Waals surface area contributed by atoms with Gasteiger partial charge in [0.15, 0.2) is 18.2 Å². The Morgan fingerprint density at radius 2 is 1.87 bits per heavy atom. The highest BCUT2D eigenvalue weighted by molar-refractivity contribution is 6.30. The molecular weight excluding hydrogens is 316 g/mol. The van der Waals surface area contributed by atoms with Gasteiger partial charge >= 0.3 is 6.03 Å². The van der Waals surface area contributed by atoms with E-state index in [2.05, 4.69) is 10.6 Å². The van der Waals surface area contributed by atoms with Crippen LogP contribution in [0.1, 0.15) is 5.56 Å². The highest BCUT2D eigenvalue weighted by Gasteiger charge is 2.04. The topological polar surface area (TPSA) is 59.6 Å². The Morgan fingerprint density at radius 1 is 1.09 bits per heavy atom. The van der Waals surface area contributed by atoms with Crippen molar-refractivity contribution in [2.24, 2.45) is 0 Å². The zero-order valence-electron chi connectivity index (χ0n) is 12.8. The molecule has 0 saturated carbocycles. The average Bonchev–Trinajstić information content (AvgIpc) is 2.55. The lowest BCUT2D eigenvalue weighted by Crippen LogP contribution is -2.38. The fraction of sp³-hybridized carbons (Fsp3) is 0.235. The van der Waals surface area contributed by atoms with Crippen LogP contribution >= 0.6 is 11.6 Å². The molecule has 0 saturated heterocycles. The van der Waals surface area contributed by atoms with E-state index < -0.39 is 0 Å². The highest BCUT2D eigenvalue weighted by atomic mass is 35.5. The highest BCUT2D eigenvalue weighted by Crippen LogP contribution is 2.25. The minimum atomic E-state index is -0.290. The molecule has 0 fully saturated rings. The summed E-state index contributed by atoms with van der Waals surface area (Å²) in [4.78, 5) is 11.7. The predicted octanol–water partition coefficient (Wildman–Crippen LogP) is 3.23. The number of methoxy groups -OCH3 is 1. The first-order chi connectivity index (χ1) is 11.2. The number of para-hydroxylation sites is 2. The van der Waals surface area contributed by atoms with Crippen LogP contribution in [-0.2, 0) is 6.42 Å². The zero-order chi connectivity index (χ0) is 16.5. The van der Waals surface area contributed by atoms with Gasteiger partial charge < -0.3 is 20.1 Å². The minimum absolute atomic E-state index is 0.0589. The Hall–Kier alpha value is -2.40. The van der Waals surface area contributed by atoms with Crippen molar-refractivity contribution in [2.45, 2.75) is 6.42 Å². The van der Waals surface area contributed by atoms with Crippen LogP contribution in [0.4, 0.5) is 4.79 Å². The van der Waals surface area contributed by atoms with E-state index in [4.69, 9.17) is 21.1 Å². The number of benzene rings is 2. The molecule has 0 aliphatic rings. The summed E-state index contributed by atoms with van der Waals surface area (Å²) in [6, 6.07) is 14.5. The molecule has 0 aliphatic carbocycles. The SMILES string of the molecule is COc1ccccc1OCNC(=O)NCCc1cccc(Cl)c1. The van der Waals surface area contributed by atoms with Gasteiger partial charge in [0.25, 0.3) is 0 Å². The van der Waals surface area contributed by atoms with Crippen LogP contribution in [0, 0.1) is 0 Å². The molecule has 2 rings (SSSR count). The van der Waals surface area contributed by atoms with Gasteiger partial charge in [-0.1, -0.05) is 35.9 Å². The van der Waals surface area contributed by atoms with Crippen molar-refractivity contribution < 1.29 is 14.3 Å². The second-order valence-corrected chi connectivity index (χ2v) is 5.19. The van der Waals surface area contributed by atoms with E-state index in [1.807, 2.05) is 36.4 Å². The quantitative estimate of drug-likeness (QED) is 0.764. The average molecular weight is 335 g/mol. The lowest BCUT2D eigenvalue weighted by molar-refractivity contribution is 0.221. The molecule has 0 radical (unpaired) electrons. The van der Waals surface area contributed by atoms with E-state index in [1.165, 1.54) is 0 Å². The molecule has 23 heavy (non-hydrogen) atoms. The molecule has 0 unspecified atom stereocenters. The molecule has 0 aliphatic heterocycles. The first-order valence-electron chi connectivity index (χ1n) is 7.21. The smallest absolute Gasteiger partial charge is 0.317 e. The van der Waals surface area contributed by atoms with E-state index >= 15 is 0 Å². The van der Waals surface area contributed by atoms with Crippen molar-refractivity contribution in [3.05, 3.63) is 59.1 Å². The number of rotatable bonds is 7. The molecule has 2 aromatic rings. The molecule has 0 atom stereocenters. The molecule has 122 valence electrons. The van der Waals surface area contributed by atoms with Crippen LogP contribution in [0.3, 0.4) is 0 Å². The maximum absolute atomic E-state index is 11.7.